The van der Waals surface area contributed by atoms with Gasteiger partial charge in [-0.1, -0.05) is 24.3 Å². The number of nitrogens with two attached hydrogens (primary N) is 1. The largest absolute Gasteiger partial charge is 0.484 e. The fourth-order valence-corrected chi connectivity index (χ4v) is 3.11. The Bertz CT molecular complexity index is 1040. The summed E-state index contributed by atoms with van der Waals surface area (Å²) in [5, 5.41) is 2.62. The number of aryl methyl sites for hydroxylation is 1. The van der Waals surface area contributed by atoms with Crippen molar-refractivity contribution < 1.29 is 19.1 Å². The predicted octanol–water partition coefficient (Wildman–Crippen LogP) is 2.00. The number of anilines is 1. The van der Waals surface area contributed by atoms with Gasteiger partial charge in [-0.15, -0.1) is 0 Å². The fraction of sp³-hybridized carbons (Fsp3) is 0.143. The minimum atomic E-state index is -0.580. The van der Waals surface area contributed by atoms with Crippen molar-refractivity contribution in [1.29, 1.82) is 0 Å². The molecule has 0 saturated carbocycles. The highest BCUT2D eigenvalue weighted by Gasteiger charge is 2.35. The van der Waals surface area contributed by atoms with Gasteiger partial charge in [0.15, 0.2) is 11.7 Å². The summed E-state index contributed by atoms with van der Waals surface area (Å²) >= 11 is 5.24. The maximum atomic E-state index is 13.1. The Morgan fingerprint density at radius 2 is 1.86 bits per heavy atom. The molecule has 1 fully saturated rings. The van der Waals surface area contributed by atoms with E-state index in [1.54, 1.807) is 30.3 Å². The zero-order chi connectivity index (χ0) is 21.1. The van der Waals surface area contributed by atoms with E-state index in [2.05, 4.69) is 5.32 Å². The summed E-state index contributed by atoms with van der Waals surface area (Å²) in [4.78, 5) is 37.6. The quantitative estimate of drug-likeness (QED) is 0.447. The highest BCUT2D eigenvalue weighted by atomic mass is 32.1. The molecule has 7 nitrogen and oxygen atoms in total. The van der Waals surface area contributed by atoms with Gasteiger partial charge >= 0.3 is 0 Å². The maximum Gasteiger partial charge on any atom is 0.270 e. The van der Waals surface area contributed by atoms with Crippen LogP contribution in [0.4, 0.5) is 5.69 Å². The lowest BCUT2D eigenvalue weighted by atomic mass is 10.0. The lowest BCUT2D eigenvalue weighted by Gasteiger charge is -2.30. The van der Waals surface area contributed by atoms with Crippen molar-refractivity contribution in [3.05, 3.63) is 64.7 Å². The lowest BCUT2D eigenvalue weighted by Crippen LogP contribution is -2.54. The Kier molecular flexibility index (Phi) is 5.74. The van der Waals surface area contributed by atoms with Crippen LogP contribution in [0.3, 0.4) is 0 Å². The number of amides is 3. The van der Waals surface area contributed by atoms with Gasteiger partial charge in [0, 0.05) is 0 Å². The maximum absolute atomic E-state index is 13.1. The minimum Gasteiger partial charge on any atom is -0.484 e. The third-order valence-corrected chi connectivity index (χ3v) is 4.78. The van der Waals surface area contributed by atoms with Crippen LogP contribution in [-0.2, 0) is 14.4 Å². The van der Waals surface area contributed by atoms with E-state index in [0.717, 1.165) is 11.1 Å². The van der Waals surface area contributed by atoms with Crippen LogP contribution in [0.25, 0.3) is 6.08 Å². The summed E-state index contributed by atoms with van der Waals surface area (Å²) in [6.07, 6.45) is 1.48. The molecule has 8 heteroatoms. The third-order valence-electron chi connectivity index (χ3n) is 4.49. The summed E-state index contributed by atoms with van der Waals surface area (Å²) in [7, 11) is 0. The van der Waals surface area contributed by atoms with Crippen molar-refractivity contribution in [3.63, 3.8) is 0 Å². The van der Waals surface area contributed by atoms with Crippen molar-refractivity contribution in [2.45, 2.75) is 13.8 Å². The molecular formula is C21H19N3O4S. The number of nitrogens with zero attached hydrogens (tertiary/aromatic N) is 1. The van der Waals surface area contributed by atoms with Crippen molar-refractivity contribution in [2.24, 2.45) is 5.73 Å². The number of rotatable bonds is 5. The molecule has 1 aliphatic heterocycles. The first-order valence-electron chi connectivity index (χ1n) is 8.77. The number of hydrogen-bond donors (Lipinski definition) is 2. The smallest absolute Gasteiger partial charge is 0.270 e. The van der Waals surface area contributed by atoms with E-state index in [-0.39, 0.29) is 17.3 Å². The third kappa shape index (κ3) is 4.33. The molecular weight excluding hydrogens is 390 g/mol. The van der Waals surface area contributed by atoms with Gasteiger partial charge in [0.05, 0.1) is 5.69 Å². The molecule has 0 atom stereocenters. The van der Waals surface area contributed by atoms with Crippen molar-refractivity contribution >= 4 is 46.8 Å². The van der Waals surface area contributed by atoms with Crippen LogP contribution in [0.2, 0.25) is 0 Å². The van der Waals surface area contributed by atoms with Gasteiger partial charge in [-0.3, -0.25) is 24.6 Å². The van der Waals surface area contributed by atoms with E-state index in [4.69, 9.17) is 22.7 Å². The molecule has 0 spiro atoms. The predicted molar refractivity (Wildman–Crippen MR) is 113 cm³/mol. The monoisotopic (exact) mass is 409 g/mol. The van der Waals surface area contributed by atoms with Crippen LogP contribution < -0.4 is 20.7 Å². The Balaban J connectivity index is 1.91. The van der Waals surface area contributed by atoms with E-state index in [1.165, 1.54) is 11.0 Å². The Labute approximate surface area is 173 Å². The minimum absolute atomic E-state index is 0.0367. The first-order valence-corrected chi connectivity index (χ1v) is 9.17. The number of benzene rings is 2. The Morgan fingerprint density at radius 1 is 1.17 bits per heavy atom. The molecule has 0 aliphatic carbocycles. The van der Waals surface area contributed by atoms with Crippen molar-refractivity contribution in [1.82, 2.24) is 5.32 Å². The van der Waals surface area contributed by atoms with E-state index in [0.29, 0.717) is 17.0 Å². The second-order valence-electron chi connectivity index (χ2n) is 6.50. The summed E-state index contributed by atoms with van der Waals surface area (Å²) in [5.41, 5.74) is 8.15. The van der Waals surface area contributed by atoms with Crippen LogP contribution in [0.5, 0.6) is 5.75 Å². The van der Waals surface area contributed by atoms with Gasteiger partial charge in [0.2, 0.25) is 0 Å². The number of ether oxygens (including phenoxy) is 1. The fourth-order valence-electron chi connectivity index (χ4n) is 2.84. The summed E-state index contributed by atoms with van der Waals surface area (Å²) in [5.74, 6) is -1.19. The highest BCUT2D eigenvalue weighted by Crippen LogP contribution is 2.27. The number of primary amides is 1. The number of nitrogens with one attached hydrogen (secondary N) is 1. The topological polar surface area (TPSA) is 102 Å². The lowest BCUT2D eigenvalue weighted by molar-refractivity contribution is -0.122. The second kappa shape index (κ2) is 8.24. The average molecular weight is 409 g/mol. The van der Waals surface area contributed by atoms with E-state index >= 15 is 0 Å². The van der Waals surface area contributed by atoms with E-state index < -0.39 is 17.7 Å². The van der Waals surface area contributed by atoms with Gasteiger partial charge in [-0.2, -0.15) is 0 Å². The molecule has 2 aromatic rings. The number of hydrogen-bond acceptors (Lipinski definition) is 5. The van der Waals surface area contributed by atoms with E-state index in [1.807, 2.05) is 26.0 Å². The molecule has 3 N–H and O–H groups in total. The van der Waals surface area contributed by atoms with Crippen LogP contribution in [0, 0.1) is 13.8 Å². The molecule has 2 aromatic carbocycles. The average Bonchev–Trinajstić information content (AvgIpc) is 2.67. The van der Waals surface area contributed by atoms with Gasteiger partial charge in [0.1, 0.15) is 11.3 Å². The van der Waals surface area contributed by atoms with Gasteiger partial charge in [0.25, 0.3) is 17.7 Å². The summed E-state index contributed by atoms with van der Waals surface area (Å²) in [6.45, 7) is 3.60. The molecule has 148 valence electrons. The number of carbonyl (C=O) groups excluding carboxylic acids is 3. The van der Waals surface area contributed by atoms with Crippen molar-refractivity contribution in [3.8, 4) is 5.75 Å². The van der Waals surface area contributed by atoms with Crippen LogP contribution in [0.15, 0.2) is 48.0 Å². The Hall–Kier alpha value is -3.52. The zero-order valence-corrected chi connectivity index (χ0v) is 16.7. The summed E-state index contributed by atoms with van der Waals surface area (Å²) in [6, 6.07) is 12.1. The van der Waals surface area contributed by atoms with Crippen LogP contribution in [-0.4, -0.2) is 29.4 Å². The zero-order valence-electron chi connectivity index (χ0n) is 15.9. The molecule has 0 bridgehead atoms. The van der Waals surface area contributed by atoms with Gasteiger partial charge < -0.3 is 10.5 Å². The molecule has 1 saturated heterocycles. The molecule has 1 heterocycles. The molecule has 3 amide bonds. The molecule has 0 radical (unpaired) electrons. The first-order chi connectivity index (χ1) is 13.8. The molecule has 1 aliphatic rings. The molecule has 3 rings (SSSR count). The van der Waals surface area contributed by atoms with E-state index in [9.17, 15) is 14.4 Å². The SMILES string of the molecule is Cc1cccc(N2C(=O)C(=Cc3ccc(OCC(N)=O)cc3)C(=O)NC2=S)c1C. The first kappa shape index (κ1) is 20.2. The highest BCUT2D eigenvalue weighted by molar-refractivity contribution is 7.80. The van der Waals surface area contributed by atoms with Gasteiger partial charge in [-0.25, -0.2) is 0 Å². The van der Waals surface area contributed by atoms with Crippen LogP contribution in [0.1, 0.15) is 16.7 Å². The van der Waals surface area contributed by atoms with Crippen LogP contribution >= 0.6 is 12.2 Å². The summed E-state index contributed by atoms with van der Waals surface area (Å²) < 4.78 is 5.20. The van der Waals surface area contributed by atoms with Gasteiger partial charge in [-0.05, 0) is 67.0 Å². The molecule has 0 unspecified atom stereocenters. The normalized spacial score (nSPS) is 15.4. The van der Waals surface area contributed by atoms with Crippen molar-refractivity contribution in [2.75, 3.05) is 11.5 Å². The Morgan fingerprint density at radius 3 is 2.52 bits per heavy atom. The molecule has 29 heavy (non-hydrogen) atoms. The number of carbonyl (C=O) groups is 3. The number of thiocarbonyl (C=S) groups is 1. The molecule has 0 aromatic heterocycles. The second-order valence-corrected chi connectivity index (χ2v) is 6.89. The standard InChI is InChI=1S/C21H19N3O4S/c1-12-4-3-5-17(13(12)2)24-20(27)16(19(26)23-21(24)29)10-14-6-8-15(9-7-14)28-11-18(22)25/h3-10H,11H2,1-2H3,(H2,22,25)(H,23,26,29).